The topological polar surface area (TPSA) is 231 Å². The summed E-state index contributed by atoms with van der Waals surface area (Å²) in [4.78, 5) is 58.5. The molecule has 572 valence electrons. The average Bonchev–Trinajstić information content (AvgIpc) is 1.15. The van der Waals surface area contributed by atoms with Crippen molar-refractivity contribution < 1.29 is 75.8 Å². The standard InChI is InChI=1S/C83H134O16P2/c1-4-7-10-13-16-19-22-25-28-31-32-33-34-35-36-37-38-39-40-41-42-43-44-47-49-51-54-57-60-63-66-69-81(86)93-72-78(84)73-95-100(89,90)96-74-79(85)75-97-101(91,92)98-77-80(99-83(88)71-68-65-62-59-56-53-50-46-30-27-24-21-18-15-12-9-6-3)76-94-82(87)70-67-64-61-58-55-52-48-45-29-26-23-20-17-14-11-8-5-2/h7-12,16-21,25-30,32-33,35-36,38-39,48,50,52-53,58,61,78-80,84-85H,4-6,13-15,22-24,31,34,37,40-47,49,51,54-57,59-60,62-77H2,1-3H3,(H,89,90)(H,91,92)/b10-7-,11-8-,12-9-,19-16-,20-17-,21-18-,28-25-,29-26-,30-27-,33-32-,36-35-,39-38-,52-48-,53-50-,61-58-. The second-order valence-corrected chi connectivity index (χ2v) is 27.6. The molecule has 0 spiro atoms. The number of esters is 3. The first-order valence-corrected chi connectivity index (χ1v) is 41.1. The van der Waals surface area contributed by atoms with Crippen LogP contribution in [0.25, 0.3) is 0 Å². The third-order valence-electron chi connectivity index (χ3n) is 15.1. The predicted molar refractivity (Wildman–Crippen MR) is 417 cm³/mol. The molecule has 0 rings (SSSR count). The van der Waals surface area contributed by atoms with E-state index >= 15 is 0 Å². The van der Waals surface area contributed by atoms with Gasteiger partial charge >= 0.3 is 33.6 Å². The number of allylic oxidation sites excluding steroid dienone is 30. The lowest BCUT2D eigenvalue weighted by atomic mass is 10.0. The first kappa shape index (κ1) is 95.6. The molecule has 18 heteroatoms. The largest absolute Gasteiger partial charge is 0.472 e. The van der Waals surface area contributed by atoms with Crippen LogP contribution in [0.1, 0.15) is 265 Å². The number of hydrogen-bond donors (Lipinski definition) is 4. The number of carbonyl (C=O) groups is 3. The molecule has 5 unspecified atom stereocenters. The third kappa shape index (κ3) is 75.6. The molecule has 0 aliphatic carbocycles. The molecule has 0 aromatic carbocycles. The second-order valence-electron chi connectivity index (χ2n) is 24.7. The summed E-state index contributed by atoms with van der Waals surface area (Å²) < 4.78 is 61.0. The van der Waals surface area contributed by atoms with E-state index in [2.05, 4.69) is 191 Å². The molecule has 0 heterocycles. The van der Waals surface area contributed by atoms with E-state index in [1.54, 1.807) is 0 Å². The monoisotopic (exact) mass is 1450 g/mol. The SMILES string of the molecule is CC/C=C\C/C=C\C/C=C\C/C=C\C/C=C\C/C=C\CCCCCCCCCCCCCCC(=O)OCC(O)COP(=O)(O)OCC(O)COP(=O)(O)OCC(COC(=O)CCC/C=C\C/C=C\C/C=C\C/C=C\C/C=C\CC)OC(=O)CCCCCC/C=C\C/C=C\C/C=C\C/C=C\CC. The van der Waals surface area contributed by atoms with E-state index < -0.39 is 91.5 Å². The summed E-state index contributed by atoms with van der Waals surface area (Å²) in [5.41, 5.74) is 0. The Hall–Kier alpha value is -5.35. The Morgan fingerprint density at radius 3 is 0.822 bits per heavy atom. The maximum Gasteiger partial charge on any atom is 0.472 e. The average molecular weight is 1450 g/mol. The fraction of sp³-hybridized carbons (Fsp3) is 0.602. The van der Waals surface area contributed by atoms with E-state index in [9.17, 15) is 43.5 Å². The summed E-state index contributed by atoms with van der Waals surface area (Å²) in [6, 6.07) is 0. The molecule has 0 aliphatic rings. The Balaban J connectivity index is 4.57. The van der Waals surface area contributed by atoms with Crippen LogP contribution in [0.3, 0.4) is 0 Å². The van der Waals surface area contributed by atoms with Gasteiger partial charge in [0.25, 0.3) is 0 Å². The number of aliphatic hydroxyl groups is 2. The molecule has 0 aromatic heterocycles. The molecule has 0 saturated heterocycles. The van der Waals surface area contributed by atoms with Gasteiger partial charge in [-0.2, -0.15) is 0 Å². The maximum atomic E-state index is 12.9. The second kappa shape index (κ2) is 74.4. The van der Waals surface area contributed by atoms with Gasteiger partial charge < -0.3 is 34.2 Å². The third-order valence-corrected chi connectivity index (χ3v) is 17.0. The van der Waals surface area contributed by atoms with Gasteiger partial charge in [0.15, 0.2) is 6.10 Å². The molecule has 0 bridgehead atoms. The Labute approximate surface area is 611 Å². The van der Waals surface area contributed by atoms with Crippen molar-refractivity contribution in [2.24, 2.45) is 0 Å². The van der Waals surface area contributed by atoms with Gasteiger partial charge in [0.1, 0.15) is 25.4 Å². The van der Waals surface area contributed by atoms with Crippen molar-refractivity contribution in [3.63, 3.8) is 0 Å². The van der Waals surface area contributed by atoms with Crippen molar-refractivity contribution in [1.82, 2.24) is 0 Å². The molecule has 0 radical (unpaired) electrons. The first-order valence-electron chi connectivity index (χ1n) is 38.1. The molecule has 0 fully saturated rings. The number of unbranched alkanes of at least 4 members (excludes halogenated alkanes) is 17. The number of phosphoric ester groups is 2. The van der Waals surface area contributed by atoms with E-state index in [0.29, 0.717) is 25.7 Å². The van der Waals surface area contributed by atoms with Crippen LogP contribution < -0.4 is 0 Å². The van der Waals surface area contributed by atoms with E-state index in [0.717, 1.165) is 148 Å². The zero-order valence-corrected chi connectivity index (χ0v) is 64.0. The van der Waals surface area contributed by atoms with Gasteiger partial charge in [0.05, 0.1) is 26.4 Å². The van der Waals surface area contributed by atoms with Crippen molar-refractivity contribution in [3.05, 3.63) is 182 Å². The quantitative estimate of drug-likeness (QED) is 0.0146. The molecule has 16 nitrogen and oxygen atoms in total. The molecule has 4 N–H and O–H groups in total. The van der Waals surface area contributed by atoms with Crippen LogP contribution in [0, 0.1) is 0 Å². The van der Waals surface area contributed by atoms with Crippen molar-refractivity contribution in [1.29, 1.82) is 0 Å². The number of ether oxygens (including phenoxy) is 3. The van der Waals surface area contributed by atoms with Gasteiger partial charge in [0.2, 0.25) is 0 Å². The predicted octanol–water partition coefficient (Wildman–Crippen LogP) is 22.2. The summed E-state index contributed by atoms with van der Waals surface area (Å²) in [5.74, 6) is -1.69. The summed E-state index contributed by atoms with van der Waals surface area (Å²) in [7, 11) is -9.82. The van der Waals surface area contributed by atoms with Crippen molar-refractivity contribution in [2.45, 2.75) is 283 Å². The normalized spacial score (nSPS) is 15.0. The molecule has 5 atom stereocenters. The molecule has 0 aliphatic heterocycles. The summed E-state index contributed by atoms with van der Waals surface area (Å²) in [6.45, 7) is 2.21. The highest BCUT2D eigenvalue weighted by atomic mass is 31.2. The summed E-state index contributed by atoms with van der Waals surface area (Å²) in [5, 5.41) is 20.6. The minimum Gasteiger partial charge on any atom is -0.463 e. The van der Waals surface area contributed by atoms with Gasteiger partial charge in [-0.05, 0) is 148 Å². The van der Waals surface area contributed by atoms with E-state index in [1.807, 2.05) is 12.2 Å². The fourth-order valence-corrected chi connectivity index (χ4v) is 11.0. The van der Waals surface area contributed by atoms with Crippen LogP contribution in [0.15, 0.2) is 182 Å². The molecule has 0 amide bonds. The minimum absolute atomic E-state index is 0.0577. The van der Waals surface area contributed by atoms with E-state index in [4.69, 9.17) is 32.3 Å². The van der Waals surface area contributed by atoms with Crippen LogP contribution in [-0.2, 0) is 55.8 Å². The Bertz CT molecular complexity index is 2570. The number of hydrogen-bond acceptors (Lipinski definition) is 14. The fourth-order valence-electron chi connectivity index (χ4n) is 9.42. The van der Waals surface area contributed by atoms with Crippen LogP contribution >= 0.6 is 15.6 Å². The summed E-state index contributed by atoms with van der Waals surface area (Å²) >= 11 is 0. The number of aliphatic hydroxyl groups excluding tert-OH is 2. The maximum absolute atomic E-state index is 12.9. The van der Waals surface area contributed by atoms with Gasteiger partial charge in [0, 0.05) is 19.3 Å². The van der Waals surface area contributed by atoms with Crippen molar-refractivity contribution in [2.75, 3.05) is 39.6 Å². The van der Waals surface area contributed by atoms with Crippen LogP contribution in [-0.4, -0.2) is 95.9 Å². The molecule has 0 aromatic rings. The van der Waals surface area contributed by atoms with E-state index in [-0.39, 0.29) is 19.3 Å². The van der Waals surface area contributed by atoms with Crippen LogP contribution in [0.2, 0.25) is 0 Å². The van der Waals surface area contributed by atoms with E-state index in [1.165, 1.54) is 51.4 Å². The number of rotatable bonds is 70. The van der Waals surface area contributed by atoms with Gasteiger partial charge in [-0.25, -0.2) is 9.13 Å². The molecular weight excluding hydrogens is 1310 g/mol. The number of carbonyl (C=O) groups excluding carboxylic acids is 3. The smallest absolute Gasteiger partial charge is 0.463 e. The summed E-state index contributed by atoms with van der Waals surface area (Å²) in [6.07, 6.45) is 95.3. The van der Waals surface area contributed by atoms with Crippen LogP contribution in [0.4, 0.5) is 0 Å². The highest BCUT2D eigenvalue weighted by Gasteiger charge is 2.29. The Kier molecular flexibility index (Phi) is 70.4. The number of phosphoric acid groups is 2. The zero-order valence-electron chi connectivity index (χ0n) is 62.2. The lowest BCUT2D eigenvalue weighted by Gasteiger charge is -2.21. The Morgan fingerprint density at radius 2 is 0.505 bits per heavy atom. The molecule has 101 heavy (non-hydrogen) atoms. The lowest BCUT2D eigenvalue weighted by Crippen LogP contribution is -2.30. The van der Waals surface area contributed by atoms with Crippen molar-refractivity contribution in [3.8, 4) is 0 Å². The lowest BCUT2D eigenvalue weighted by molar-refractivity contribution is -0.161. The van der Waals surface area contributed by atoms with Crippen molar-refractivity contribution >= 4 is 33.6 Å². The van der Waals surface area contributed by atoms with Gasteiger partial charge in [-0.15, -0.1) is 0 Å². The molecule has 0 saturated carbocycles. The van der Waals surface area contributed by atoms with Gasteiger partial charge in [-0.3, -0.25) is 32.5 Å². The highest BCUT2D eigenvalue weighted by Crippen LogP contribution is 2.45. The Morgan fingerprint density at radius 1 is 0.277 bits per heavy atom. The highest BCUT2D eigenvalue weighted by molar-refractivity contribution is 7.47. The first-order chi connectivity index (χ1) is 49.2. The van der Waals surface area contributed by atoms with Gasteiger partial charge in [-0.1, -0.05) is 280 Å². The minimum atomic E-state index is -4.96. The molecular formula is C83H134O16P2. The van der Waals surface area contributed by atoms with Crippen LogP contribution in [0.5, 0.6) is 0 Å². The zero-order chi connectivity index (χ0) is 73.7.